The summed E-state index contributed by atoms with van der Waals surface area (Å²) in [4.78, 5) is 0. The lowest BCUT2D eigenvalue weighted by Gasteiger charge is -2.08. The van der Waals surface area contributed by atoms with Crippen LogP contribution in [0.2, 0.25) is 0 Å². The monoisotopic (exact) mass is 274 g/mol. The molecule has 0 amide bonds. The molecule has 1 heterocycles. The zero-order chi connectivity index (χ0) is 14.4. The standard InChI is InChI=1S/C15H15FN2O2/c1-18-13(6-8-17-18)7-10-20-15-11-12(3-2-9-19)4-5-14(15)16/h4-6,8,11,19H,7,9-10H2,1H3. The number of nitrogens with zero attached hydrogens (tertiary/aromatic N) is 2. The zero-order valence-electron chi connectivity index (χ0n) is 11.1. The van der Waals surface area contributed by atoms with Gasteiger partial charge in [0.05, 0.1) is 6.61 Å². The maximum Gasteiger partial charge on any atom is 0.165 e. The topological polar surface area (TPSA) is 47.3 Å². The molecule has 0 unspecified atom stereocenters. The molecule has 1 N–H and O–H groups in total. The van der Waals surface area contributed by atoms with E-state index in [9.17, 15) is 4.39 Å². The van der Waals surface area contributed by atoms with Gasteiger partial charge in [-0.2, -0.15) is 5.10 Å². The molecule has 20 heavy (non-hydrogen) atoms. The molecule has 0 saturated heterocycles. The van der Waals surface area contributed by atoms with Gasteiger partial charge in [-0.25, -0.2) is 4.39 Å². The summed E-state index contributed by atoms with van der Waals surface area (Å²) in [6, 6.07) is 6.27. The molecule has 0 radical (unpaired) electrons. The van der Waals surface area contributed by atoms with Gasteiger partial charge in [0.2, 0.25) is 0 Å². The molecule has 0 saturated carbocycles. The van der Waals surface area contributed by atoms with Crippen LogP contribution in [0.15, 0.2) is 30.5 Å². The van der Waals surface area contributed by atoms with Crippen molar-refractivity contribution in [2.24, 2.45) is 7.05 Å². The third-order valence-corrected chi connectivity index (χ3v) is 2.78. The normalized spacial score (nSPS) is 9.95. The average Bonchev–Trinajstić information content (AvgIpc) is 2.85. The molecular formula is C15H15FN2O2. The molecule has 1 aromatic heterocycles. The van der Waals surface area contributed by atoms with E-state index in [-0.39, 0.29) is 12.4 Å². The molecule has 2 aromatic rings. The predicted molar refractivity (Wildman–Crippen MR) is 72.8 cm³/mol. The fourth-order valence-electron chi connectivity index (χ4n) is 1.75. The fraction of sp³-hybridized carbons (Fsp3) is 0.267. The second-order valence-electron chi connectivity index (χ2n) is 4.15. The van der Waals surface area contributed by atoms with Crippen LogP contribution in [-0.2, 0) is 13.5 Å². The van der Waals surface area contributed by atoms with Crippen LogP contribution >= 0.6 is 0 Å². The van der Waals surface area contributed by atoms with Crippen molar-refractivity contribution in [2.45, 2.75) is 6.42 Å². The minimum Gasteiger partial charge on any atom is -0.490 e. The van der Waals surface area contributed by atoms with Crippen LogP contribution in [0.3, 0.4) is 0 Å². The van der Waals surface area contributed by atoms with E-state index in [0.717, 1.165) is 5.69 Å². The van der Waals surface area contributed by atoms with Crippen molar-refractivity contribution in [1.82, 2.24) is 9.78 Å². The largest absolute Gasteiger partial charge is 0.490 e. The first-order valence-corrected chi connectivity index (χ1v) is 6.19. The number of aliphatic hydroxyl groups is 1. The number of aryl methyl sites for hydroxylation is 1. The first-order chi connectivity index (χ1) is 9.70. The van der Waals surface area contributed by atoms with Crippen molar-refractivity contribution in [3.05, 3.63) is 47.5 Å². The Morgan fingerprint density at radius 3 is 2.95 bits per heavy atom. The van der Waals surface area contributed by atoms with Crippen molar-refractivity contribution in [1.29, 1.82) is 0 Å². The third-order valence-electron chi connectivity index (χ3n) is 2.78. The van der Waals surface area contributed by atoms with Gasteiger partial charge in [0.15, 0.2) is 11.6 Å². The highest BCUT2D eigenvalue weighted by molar-refractivity contribution is 5.40. The van der Waals surface area contributed by atoms with Gasteiger partial charge in [-0.1, -0.05) is 11.8 Å². The Balaban J connectivity index is 2.00. The maximum absolute atomic E-state index is 13.6. The van der Waals surface area contributed by atoms with E-state index in [1.54, 1.807) is 16.9 Å². The maximum atomic E-state index is 13.6. The number of ether oxygens (including phenoxy) is 1. The molecule has 104 valence electrons. The number of benzene rings is 1. The van der Waals surface area contributed by atoms with Gasteiger partial charge in [-0.3, -0.25) is 4.68 Å². The van der Waals surface area contributed by atoms with E-state index < -0.39 is 5.82 Å². The Labute approximate surface area is 116 Å². The molecule has 5 heteroatoms. The second-order valence-corrected chi connectivity index (χ2v) is 4.15. The van der Waals surface area contributed by atoms with Gasteiger partial charge >= 0.3 is 0 Å². The van der Waals surface area contributed by atoms with Crippen LogP contribution in [0.1, 0.15) is 11.3 Å². The van der Waals surface area contributed by atoms with Crippen molar-refractivity contribution < 1.29 is 14.2 Å². The summed E-state index contributed by atoms with van der Waals surface area (Å²) < 4.78 is 20.8. The number of rotatable bonds is 4. The van der Waals surface area contributed by atoms with E-state index in [2.05, 4.69) is 16.9 Å². The van der Waals surface area contributed by atoms with Gasteiger partial charge < -0.3 is 9.84 Å². The number of hydrogen-bond donors (Lipinski definition) is 1. The highest BCUT2D eigenvalue weighted by atomic mass is 19.1. The Kier molecular flexibility index (Phi) is 4.75. The van der Waals surface area contributed by atoms with Gasteiger partial charge in [-0.15, -0.1) is 0 Å². The number of aliphatic hydroxyl groups excluding tert-OH is 1. The quantitative estimate of drug-likeness (QED) is 0.860. The fourth-order valence-corrected chi connectivity index (χ4v) is 1.75. The van der Waals surface area contributed by atoms with Crippen molar-refractivity contribution >= 4 is 0 Å². The smallest absolute Gasteiger partial charge is 0.165 e. The summed E-state index contributed by atoms with van der Waals surface area (Å²) in [5.74, 6) is 4.96. The van der Waals surface area contributed by atoms with E-state index in [4.69, 9.17) is 9.84 Å². The second kappa shape index (κ2) is 6.73. The number of halogens is 1. The highest BCUT2D eigenvalue weighted by Crippen LogP contribution is 2.18. The van der Waals surface area contributed by atoms with Crippen LogP contribution in [0.5, 0.6) is 5.75 Å². The molecule has 2 rings (SSSR count). The summed E-state index contributed by atoms with van der Waals surface area (Å²) in [7, 11) is 1.85. The van der Waals surface area contributed by atoms with Crippen LogP contribution in [0.4, 0.5) is 4.39 Å². The molecule has 0 aliphatic heterocycles. The SMILES string of the molecule is Cn1nccc1CCOc1cc(C#CCO)ccc1F. The minimum absolute atomic E-state index is 0.164. The van der Waals surface area contributed by atoms with Gasteiger partial charge in [0, 0.05) is 30.9 Å². The lowest BCUT2D eigenvalue weighted by Crippen LogP contribution is -2.06. The van der Waals surface area contributed by atoms with Gasteiger partial charge in [-0.05, 0) is 24.3 Å². The summed E-state index contributed by atoms with van der Waals surface area (Å²) in [5, 5.41) is 12.7. The summed E-state index contributed by atoms with van der Waals surface area (Å²) in [6.45, 7) is 0.126. The van der Waals surface area contributed by atoms with E-state index in [1.165, 1.54) is 12.1 Å². The van der Waals surface area contributed by atoms with Crippen LogP contribution in [0.25, 0.3) is 0 Å². The summed E-state index contributed by atoms with van der Waals surface area (Å²) in [5.41, 5.74) is 1.62. The molecular weight excluding hydrogens is 259 g/mol. The van der Waals surface area contributed by atoms with E-state index in [0.29, 0.717) is 18.6 Å². The summed E-state index contributed by atoms with van der Waals surface area (Å²) in [6.07, 6.45) is 2.35. The van der Waals surface area contributed by atoms with Crippen molar-refractivity contribution in [3.63, 3.8) is 0 Å². The molecule has 0 atom stereocenters. The Hall–Kier alpha value is -2.32. The Bertz CT molecular complexity index is 641. The lowest BCUT2D eigenvalue weighted by molar-refractivity contribution is 0.302. The molecule has 4 nitrogen and oxygen atoms in total. The van der Waals surface area contributed by atoms with Gasteiger partial charge in [0.25, 0.3) is 0 Å². The van der Waals surface area contributed by atoms with Crippen LogP contribution in [0, 0.1) is 17.7 Å². The Morgan fingerprint density at radius 2 is 2.25 bits per heavy atom. The number of hydrogen-bond acceptors (Lipinski definition) is 3. The molecule has 1 aromatic carbocycles. The van der Waals surface area contributed by atoms with E-state index >= 15 is 0 Å². The Morgan fingerprint density at radius 1 is 1.40 bits per heavy atom. The van der Waals surface area contributed by atoms with E-state index in [1.807, 2.05) is 13.1 Å². The first kappa shape index (κ1) is 14.1. The molecule has 0 aliphatic carbocycles. The van der Waals surface area contributed by atoms with Crippen LogP contribution < -0.4 is 4.74 Å². The minimum atomic E-state index is -0.426. The highest BCUT2D eigenvalue weighted by Gasteiger charge is 2.05. The zero-order valence-corrected chi connectivity index (χ0v) is 11.1. The van der Waals surface area contributed by atoms with Crippen molar-refractivity contribution in [2.75, 3.05) is 13.2 Å². The third kappa shape index (κ3) is 3.59. The van der Waals surface area contributed by atoms with Crippen LogP contribution in [-0.4, -0.2) is 28.1 Å². The molecule has 0 bridgehead atoms. The van der Waals surface area contributed by atoms with Crippen molar-refractivity contribution in [3.8, 4) is 17.6 Å². The molecule has 0 fully saturated rings. The molecule has 0 aliphatic rings. The van der Waals surface area contributed by atoms with Gasteiger partial charge in [0.1, 0.15) is 6.61 Å². The molecule has 0 spiro atoms. The number of aromatic nitrogens is 2. The first-order valence-electron chi connectivity index (χ1n) is 6.19. The summed E-state index contributed by atoms with van der Waals surface area (Å²) >= 11 is 0. The predicted octanol–water partition coefficient (Wildman–Crippen LogP) is 1.52. The lowest BCUT2D eigenvalue weighted by atomic mass is 10.2. The average molecular weight is 274 g/mol.